The van der Waals surface area contributed by atoms with E-state index >= 15 is 0 Å². The number of nitrogens with zero attached hydrogens (tertiary/aromatic N) is 1. The number of hydrogen-bond donors (Lipinski definition) is 0. The van der Waals surface area contributed by atoms with Crippen molar-refractivity contribution >= 4 is 5.76 Å². The molecule has 0 radical (unpaired) electrons. The molecule has 0 N–H and O–H groups in total. The third-order valence-electron chi connectivity index (χ3n) is 6.55. The number of fused-ring (bicyclic) bond motifs is 1. The first-order valence-electron chi connectivity index (χ1n) is 10.4. The van der Waals surface area contributed by atoms with Crippen LogP contribution in [-0.4, -0.2) is 45.9 Å². The maximum absolute atomic E-state index is 5.93. The van der Waals surface area contributed by atoms with Crippen molar-refractivity contribution in [2.24, 2.45) is 5.92 Å². The molecule has 1 saturated heterocycles. The fraction of sp³-hybridized carbons (Fsp3) is 0.440. The van der Waals surface area contributed by atoms with Crippen LogP contribution in [0.25, 0.3) is 5.76 Å². The molecule has 1 aliphatic heterocycles. The molecule has 2 unspecified atom stereocenters. The van der Waals surface area contributed by atoms with E-state index in [0.29, 0.717) is 12.0 Å². The minimum absolute atomic E-state index is 0.541. The van der Waals surface area contributed by atoms with Gasteiger partial charge in [0.15, 0.2) is 11.5 Å². The number of likely N-dealkylation sites (N-methyl/N-ethyl adjacent to an activating group) is 1. The third-order valence-corrected chi connectivity index (χ3v) is 6.55. The fourth-order valence-corrected chi connectivity index (χ4v) is 4.92. The van der Waals surface area contributed by atoms with Gasteiger partial charge in [-0.25, -0.2) is 0 Å². The lowest BCUT2D eigenvalue weighted by Gasteiger charge is -2.38. The highest BCUT2D eigenvalue weighted by Gasteiger charge is 2.34. The van der Waals surface area contributed by atoms with Crippen molar-refractivity contribution in [1.82, 2.24) is 4.90 Å². The Hall–Kier alpha value is -2.46. The molecule has 0 saturated carbocycles. The molecule has 2 aromatic rings. The number of benzene rings is 2. The van der Waals surface area contributed by atoms with Crippen molar-refractivity contribution in [3.8, 4) is 11.5 Å². The predicted molar refractivity (Wildman–Crippen MR) is 116 cm³/mol. The van der Waals surface area contributed by atoms with Gasteiger partial charge in [-0.2, -0.15) is 0 Å². The number of rotatable bonds is 6. The van der Waals surface area contributed by atoms with E-state index < -0.39 is 0 Å². The van der Waals surface area contributed by atoms with Gasteiger partial charge in [-0.3, -0.25) is 0 Å². The van der Waals surface area contributed by atoms with E-state index in [2.05, 4.69) is 54.4 Å². The average Bonchev–Trinajstić information content (AvgIpc) is 3.12. The van der Waals surface area contributed by atoms with Crippen LogP contribution in [0.2, 0.25) is 0 Å². The molecule has 1 fully saturated rings. The smallest absolute Gasteiger partial charge is 0.161 e. The Morgan fingerprint density at radius 1 is 0.966 bits per heavy atom. The Kier molecular flexibility index (Phi) is 5.81. The molecule has 4 rings (SSSR count). The zero-order valence-electron chi connectivity index (χ0n) is 17.9. The van der Waals surface area contributed by atoms with Crippen molar-refractivity contribution in [3.63, 3.8) is 0 Å². The second-order valence-electron chi connectivity index (χ2n) is 8.15. The first kappa shape index (κ1) is 19.8. The predicted octanol–water partition coefficient (Wildman–Crippen LogP) is 4.57. The number of methoxy groups -OCH3 is 3. The summed E-state index contributed by atoms with van der Waals surface area (Å²) in [5.41, 5.74) is 5.27. The van der Waals surface area contributed by atoms with Gasteiger partial charge in [-0.05, 0) is 74.0 Å². The summed E-state index contributed by atoms with van der Waals surface area (Å²) in [4.78, 5) is 2.52. The topological polar surface area (TPSA) is 30.9 Å². The SMILES string of the molecule is COC1=C(C2CCN(C)C(Cc3ccccc3)C2)Cc2cc(OC)c(OC)cc21. The molecule has 2 atom stereocenters. The summed E-state index contributed by atoms with van der Waals surface area (Å²) in [7, 11) is 7.42. The van der Waals surface area contributed by atoms with Crippen LogP contribution in [0, 0.1) is 5.92 Å². The van der Waals surface area contributed by atoms with Crippen LogP contribution in [0.5, 0.6) is 11.5 Å². The molecule has 2 aromatic carbocycles. The maximum Gasteiger partial charge on any atom is 0.161 e. The van der Waals surface area contributed by atoms with Crippen molar-refractivity contribution in [3.05, 3.63) is 64.7 Å². The van der Waals surface area contributed by atoms with E-state index in [9.17, 15) is 0 Å². The van der Waals surface area contributed by atoms with E-state index in [-0.39, 0.29) is 0 Å². The van der Waals surface area contributed by atoms with Gasteiger partial charge in [0, 0.05) is 11.6 Å². The van der Waals surface area contributed by atoms with Gasteiger partial charge in [0.05, 0.1) is 21.3 Å². The van der Waals surface area contributed by atoms with Gasteiger partial charge in [0.1, 0.15) is 5.76 Å². The molecule has 154 valence electrons. The first-order chi connectivity index (χ1) is 14.1. The molecule has 1 heterocycles. The van der Waals surface area contributed by atoms with Gasteiger partial charge in [-0.1, -0.05) is 30.3 Å². The molecule has 4 nitrogen and oxygen atoms in total. The minimum atomic E-state index is 0.541. The van der Waals surface area contributed by atoms with Crippen molar-refractivity contribution in [2.45, 2.75) is 31.7 Å². The first-order valence-corrected chi connectivity index (χ1v) is 10.4. The summed E-state index contributed by atoms with van der Waals surface area (Å²) in [6.45, 7) is 1.12. The van der Waals surface area contributed by atoms with E-state index in [4.69, 9.17) is 14.2 Å². The van der Waals surface area contributed by atoms with Gasteiger partial charge in [-0.15, -0.1) is 0 Å². The Morgan fingerprint density at radius 3 is 2.38 bits per heavy atom. The maximum atomic E-state index is 5.93. The number of piperidine rings is 1. The van der Waals surface area contributed by atoms with E-state index in [0.717, 1.165) is 48.6 Å². The van der Waals surface area contributed by atoms with Crippen LogP contribution in [0.3, 0.4) is 0 Å². The number of hydrogen-bond acceptors (Lipinski definition) is 4. The standard InChI is InChI=1S/C25H31NO3/c1-26-11-10-18(13-20(26)12-17-8-6-5-7-9-17)21-14-19-15-23(27-2)24(28-3)16-22(19)25(21)29-4/h5-9,15-16,18,20H,10-14H2,1-4H3. The molecule has 1 aliphatic carbocycles. The van der Waals surface area contributed by atoms with Crippen LogP contribution < -0.4 is 9.47 Å². The summed E-state index contributed by atoms with van der Waals surface area (Å²) in [5.74, 6) is 3.12. The molecule has 2 aliphatic rings. The molecular weight excluding hydrogens is 362 g/mol. The number of ether oxygens (including phenoxy) is 3. The quantitative estimate of drug-likeness (QED) is 0.719. The molecular formula is C25H31NO3. The van der Waals surface area contributed by atoms with E-state index in [1.54, 1.807) is 21.3 Å². The Bertz CT molecular complexity index is 890. The number of likely N-dealkylation sites (tertiary alicyclic amines) is 1. The second-order valence-corrected chi connectivity index (χ2v) is 8.15. The van der Waals surface area contributed by atoms with E-state index in [1.165, 1.54) is 23.1 Å². The Morgan fingerprint density at radius 2 is 1.69 bits per heavy atom. The molecule has 0 amide bonds. The summed E-state index contributed by atoms with van der Waals surface area (Å²) >= 11 is 0. The lowest BCUT2D eigenvalue weighted by atomic mass is 9.82. The molecule has 0 aromatic heterocycles. The zero-order valence-corrected chi connectivity index (χ0v) is 17.9. The highest BCUT2D eigenvalue weighted by atomic mass is 16.5. The zero-order chi connectivity index (χ0) is 20.4. The summed E-state index contributed by atoms with van der Waals surface area (Å²) < 4.78 is 17.0. The van der Waals surface area contributed by atoms with E-state index in [1.807, 2.05) is 0 Å². The van der Waals surface area contributed by atoms with Gasteiger partial charge < -0.3 is 19.1 Å². The molecule has 0 bridgehead atoms. The molecule has 0 spiro atoms. The van der Waals surface area contributed by atoms with Crippen molar-refractivity contribution < 1.29 is 14.2 Å². The largest absolute Gasteiger partial charge is 0.496 e. The fourth-order valence-electron chi connectivity index (χ4n) is 4.92. The Labute approximate surface area is 174 Å². The Balaban J connectivity index is 1.59. The summed E-state index contributed by atoms with van der Waals surface area (Å²) in [5, 5.41) is 0. The highest BCUT2D eigenvalue weighted by Crippen LogP contribution is 2.45. The molecule has 29 heavy (non-hydrogen) atoms. The van der Waals surface area contributed by atoms with Gasteiger partial charge in [0.2, 0.25) is 0 Å². The number of allylic oxidation sites excluding steroid dienone is 1. The third kappa shape index (κ3) is 3.86. The lowest BCUT2D eigenvalue weighted by Crippen LogP contribution is -2.41. The lowest BCUT2D eigenvalue weighted by molar-refractivity contribution is 0.153. The highest BCUT2D eigenvalue weighted by molar-refractivity contribution is 5.75. The molecule has 4 heteroatoms. The minimum Gasteiger partial charge on any atom is -0.496 e. The van der Waals surface area contributed by atoms with Crippen molar-refractivity contribution in [1.29, 1.82) is 0 Å². The van der Waals surface area contributed by atoms with Crippen molar-refractivity contribution in [2.75, 3.05) is 34.9 Å². The van der Waals surface area contributed by atoms with Crippen LogP contribution in [0.1, 0.15) is 29.5 Å². The van der Waals surface area contributed by atoms with Crippen LogP contribution >= 0.6 is 0 Å². The summed E-state index contributed by atoms with van der Waals surface area (Å²) in [6.07, 6.45) is 4.37. The summed E-state index contributed by atoms with van der Waals surface area (Å²) in [6, 6.07) is 15.6. The van der Waals surface area contributed by atoms with Crippen LogP contribution in [0.15, 0.2) is 48.0 Å². The second kappa shape index (κ2) is 8.50. The van der Waals surface area contributed by atoms with Gasteiger partial charge >= 0.3 is 0 Å². The van der Waals surface area contributed by atoms with Crippen LogP contribution in [0.4, 0.5) is 0 Å². The normalized spacial score (nSPS) is 21.8. The van der Waals surface area contributed by atoms with Gasteiger partial charge in [0.25, 0.3) is 0 Å². The average molecular weight is 394 g/mol. The van der Waals surface area contributed by atoms with Crippen LogP contribution in [-0.2, 0) is 17.6 Å². The monoisotopic (exact) mass is 393 g/mol.